The number of hydrogen-bond acceptors (Lipinski definition) is 3. The zero-order chi connectivity index (χ0) is 13.1. The van der Waals surface area contributed by atoms with Gasteiger partial charge < -0.3 is 10.4 Å². The average Bonchev–Trinajstić information content (AvgIpc) is 2.62. The topological polar surface area (TPSA) is 50.1 Å². The molecule has 0 fully saturated rings. The van der Waals surface area contributed by atoms with Gasteiger partial charge in [0.15, 0.2) is 0 Å². The molecule has 0 atom stereocenters. The summed E-state index contributed by atoms with van der Waals surface area (Å²) >= 11 is 0. The Balaban J connectivity index is 2.13. The molecule has 0 unspecified atom stereocenters. The van der Waals surface area contributed by atoms with Gasteiger partial charge in [-0.2, -0.15) is 5.10 Å². The van der Waals surface area contributed by atoms with Gasteiger partial charge >= 0.3 is 0 Å². The van der Waals surface area contributed by atoms with Crippen LogP contribution in [0.3, 0.4) is 0 Å². The van der Waals surface area contributed by atoms with Crippen molar-refractivity contribution in [2.24, 2.45) is 0 Å². The van der Waals surface area contributed by atoms with Gasteiger partial charge in [0.25, 0.3) is 0 Å². The summed E-state index contributed by atoms with van der Waals surface area (Å²) in [5.41, 5.74) is 4.39. The molecule has 96 valence electrons. The third kappa shape index (κ3) is 2.47. The first kappa shape index (κ1) is 12.5. The third-order valence-electron chi connectivity index (χ3n) is 3.15. The Bertz CT molecular complexity index is 546. The van der Waals surface area contributed by atoms with E-state index in [2.05, 4.69) is 24.3 Å². The largest absolute Gasteiger partial charge is 0.508 e. The van der Waals surface area contributed by atoms with E-state index in [1.807, 2.05) is 23.7 Å². The van der Waals surface area contributed by atoms with E-state index in [4.69, 9.17) is 0 Å². The van der Waals surface area contributed by atoms with Gasteiger partial charge in [-0.3, -0.25) is 4.68 Å². The molecule has 0 radical (unpaired) electrons. The van der Waals surface area contributed by atoms with Crippen molar-refractivity contribution < 1.29 is 5.11 Å². The van der Waals surface area contributed by atoms with Crippen LogP contribution in [-0.4, -0.2) is 14.9 Å². The van der Waals surface area contributed by atoms with E-state index in [-0.39, 0.29) is 5.75 Å². The molecule has 4 nitrogen and oxygen atoms in total. The lowest BCUT2D eigenvalue weighted by Crippen LogP contribution is -2.03. The zero-order valence-electron chi connectivity index (χ0n) is 11.1. The van der Waals surface area contributed by atoms with Gasteiger partial charge in [-0.1, -0.05) is 6.07 Å². The van der Waals surface area contributed by atoms with Crippen molar-refractivity contribution >= 4 is 5.69 Å². The Morgan fingerprint density at radius 3 is 2.72 bits per heavy atom. The van der Waals surface area contributed by atoms with Crippen LogP contribution in [0.15, 0.2) is 24.3 Å². The van der Waals surface area contributed by atoms with E-state index in [1.54, 1.807) is 12.1 Å². The first-order valence-electron chi connectivity index (χ1n) is 6.17. The second-order valence-corrected chi connectivity index (χ2v) is 4.37. The molecule has 0 amide bonds. The minimum atomic E-state index is 0.276. The van der Waals surface area contributed by atoms with Crippen LogP contribution < -0.4 is 5.32 Å². The second-order valence-electron chi connectivity index (χ2n) is 4.37. The first-order chi connectivity index (χ1) is 8.61. The van der Waals surface area contributed by atoms with E-state index in [1.165, 1.54) is 11.3 Å². The summed E-state index contributed by atoms with van der Waals surface area (Å²) in [6, 6.07) is 7.15. The van der Waals surface area contributed by atoms with Crippen LogP contribution in [0, 0.1) is 13.8 Å². The average molecular weight is 245 g/mol. The van der Waals surface area contributed by atoms with Gasteiger partial charge in [0.2, 0.25) is 0 Å². The standard InChI is InChI=1S/C14H19N3O/c1-4-17-11(3)14(10(2)16-17)9-15-12-6-5-7-13(18)8-12/h5-8,15,18H,4,9H2,1-3H3. The van der Waals surface area contributed by atoms with Gasteiger partial charge in [0.05, 0.1) is 5.69 Å². The lowest BCUT2D eigenvalue weighted by Gasteiger charge is -2.07. The summed E-state index contributed by atoms with van der Waals surface area (Å²) in [6.45, 7) is 7.81. The van der Waals surface area contributed by atoms with Crippen molar-refractivity contribution in [1.29, 1.82) is 0 Å². The summed E-state index contributed by atoms with van der Waals surface area (Å²) in [4.78, 5) is 0. The molecule has 2 rings (SSSR count). The van der Waals surface area contributed by atoms with Crippen LogP contribution in [0.2, 0.25) is 0 Å². The maximum absolute atomic E-state index is 9.41. The van der Waals surface area contributed by atoms with Crippen molar-refractivity contribution in [2.45, 2.75) is 33.9 Å². The van der Waals surface area contributed by atoms with Crippen molar-refractivity contribution in [3.8, 4) is 5.75 Å². The van der Waals surface area contributed by atoms with E-state index in [9.17, 15) is 5.11 Å². The van der Waals surface area contributed by atoms with Crippen molar-refractivity contribution in [3.05, 3.63) is 41.2 Å². The molecule has 0 aliphatic carbocycles. The number of phenolic OH excluding ortho intramolecular Hbond substituents is 1. The lowest BCUT2D eigenvalue weighted by atomic mass is 10.2. The molecule has 1 aromatic carbocycles. The molecule has 0 spiro atoms. The summed E-state index contributed by atoms with van der Waals surface area (Å²) in [7, 11) is 0. The first-order valence-corrected chi connectivity index (χ1v) is 6.17. The fourth-order valence-corrected chi connectivity index (χ4v) is 2.10. The summed E-state index contributed by atoms with van der Waals surface area (Å²) < 4.78 is 2.01. The minimum absolute atomic E-state index is 0.276. The highest BCUT2D eigenvalue weighted by Gasteiger charge is 2.09. The van der Waals surface area contributed by atoms with Crippen LogP contribution in [-0.2, 0) is 13.1 Å². The molecule has 4 heteroatoms. The fourth-order valence-electron chi connectivity index (χ4n) is 2.10. The Hall–Kier alpha value is -1.97. The van der Waals surface area contributed by atoms with E-state index in [0.29, 0.717) is 0 Å². The normalized spacial score (nSPS) is 10.6. The lowest BCUT2D eigenvalue weighted by molar-refractivity contribution is 0.475. The molecule has 2 N–H and O–H groups in total. The molecule has 0 saturated heterocycles. The molecule has 0 aliphatic rings. The van der Waals surface area contributed by atoms with Gasteiger partial charge in [0, 0.05) is 36.1 Å². The molecule has 0 bridgehead atoms. The Morgan fingerprint density at radius 1 is 1.33 bits per heavy atom. The maximum atomic E-state index is 9.41. The number of nitrogens with zero attached hydrogens (tertiary/aromatic N) is 2. The number of benzene rings is 1. The smallest absolute Gasteiger partial charge is 0.117 e. The number of nitrogens with one attached hydrogen (secondary N) is 1. The number of aryl methyl sites for hydroxylation is 2. The quantitative estimate of drug-likeness (QED) is 0.870. The van der Waals surface area contributed by atoms with Crippen molar-refractivity contribution in [1.82, 2.24) is 9.78 Å². The summed E-state index contributed by atoms with van der Waals surface area (Å²) in [5.74, 6) is 0.276. The molecule has 0 saturated carbocycles. The summed E-state index contributed by atoms with van der Waals surface area (Å²) in [5, 5.41) is 17.2. The zero-order valence-corrected chi connectivity index (χ0v) is 11.1. The van der Waals surface area contributed by atoms with E-state index in [0.717, 1.165) is 24.5 Å². The monoisotopic (exact) mass is 245 g/mol. The highest BCUT2D eigenvalue weighted by molar-refractivity contribution is 5.48. The Kier molecular flexibility index (Phi) is 3.55. The fraction of sp³-hybridized carbons (Fsp3) is 0.357. The number of aromatic nitrogens is 2. The van der Waals surface area contributed by atoms with Gasteiger partial charge in [0.1, 0.15) is 5.75 Å². The molecular weight excluding hydrogens is 226 g/mol. The highest BCUT2D eigenvalue weighted by Crippen LogP contribution is 2.18. The molecular formula is C14H19N3O. The van der Waals surface area contributed by atoms with Crippen molar-refractivity contribution in [2.75, 3.05) is 5.32 Å². The predicted octanol–water partition coefficient (Wildman–Crippen LogP) is 2.84. The number of aromatic hydroxyl groups is 1. The van der Waals surface area contributed by atoms with Crippen LogP contribution in [0.25, 0.3) is 0 Å². The highest BCUT2D eigenvalue weighted by atomic mass is 16.3. The van der Waals surface area contributed by atoms with E-state index < -0.39 is 0 Å². The molecule has 0 aliphatic heterocycles. The molecule has 2 aromatic rings. The van der Waals surface area contributed by atoms with Gasteiger partial charge in [-0.15, -0.1) is 0 Å². The Morgan fingerprint density at radius 2 is 2.11 bits per heavy atom. The molecule has 1 aromatic heterocycles. The second kappa shape index (κ2) is 5.12. The number of hydrogen-bond donors (Lipinski definition) is 2. The van der Waals surface area contributed by atoms with Crippen LogP contribution in [0.4, 0.5) is 5.69 Å². The van der Waals surface area contributed by atoms with Crippen LogP contribution in [0.1, 0.15) is 23.9 Å². The van der Waals surface area contributed by atoms with E-state index >= 15 is 0 Å². The Labute approximate surface area is 107 Å². The number of anilines is 1. The van der Waals surface area contributed by atoms with Crippen LogP contribution >= 0.6 is 0 Å². The van der Waals surface area contributed by atoms with Crippen molar-refractivity contribution in [3.63, 3.8) is 0 Å². The number of rotatable bonds is 4. The number of phenols is 1. The maximum Gasteiger partial charge on any atom is 0.117 e. The van der Waals surface area contributed by atoms with Gasteiger partial charge in [-0.25, -0.2) is 0 Å². The third-order valence-corrected chi connectivity index (χ3v) is 3.15. The molecule has 18 heavy (non-hydrogen) atoms. The summed E-state index contributed by atoms with van der Waals surface area (Å²) in [6.07, 6.45) is 0. The SMILES string of the molecule is CCn1nc(C)c(CNc2cccc(O)c2)c1C. The van der Waals surface area contributed by atoms with Gasteiger partial charge in [-0.05, 0) is 32.9 Å². The predicted molar refractivity (Wildman–Crippen MR) is 72.8 cm³/mol. The van der Waals surface area contributed by atoms with Crippen LogP contribution in [0.5, 0.6) is 5.75 Å². The minimum Gasteiger partial charge on any atom is -0.508 e. The molecule has 1 heterocycles.